The highest BCUT2D eigenvalue weighted by atomic mass is 16.2. The van der Waals surface area contributed by atoms with Gasteiger partial charge in [0, 0.05) is 0 Å². The highest BCUT2D eigenvalue weighted by Crippen LogP contribution is 2.51. The maximum Gasteiger partial charge on any atom is 0.333 e. The van der Waals surface area contributed by atoms with Crippen molar-refractivity contribution >= 4 is 23.4 Å². The number of hydrazine groups is 2. The molecule has 24 heavy (non-hydrogen) atoms. The Balaban J connectivity index is 2.10. The van der Waals surface area contributed by atoms with Crippen LogP contribution in [0.3, 0.4) is 0 Å². The molecule has 0 unspecified atom stereocenters. The minimum atomic E-state index is -0.732. The van der Waals surface area contributed by atoms with Crippen molar-refractivity contribution in [1.29, 1.82) is 0 Å². The molecule has 124 valence electrons. The normalized spacial score (nSPS) is 11.2. The number of hydrogen-bond acceptors (Lipinski definition) is 4. The minimum absolute atomic E-state index is 0.547. The van der Waals surface area contributed by atoms with Gasteiger partial charge in [-0.3, -0.25) is 0 Å². The second kappa shape index (κ2) is 5.22. The summed E-state index contributed by atoms with van der Waals surface area (Å²) >= 11 is 0. The molecule has 8 nitrogen and oxygen atoms in total. The van der Waals surface area contributed by atoms with Gasteiger partial charge in [-0.2, -0.15) is 0 Å². The van der Waals surface area contributed by atoms with E-state index in [0.29, 0.717) is 11.4 Å². The van der Waals surface area contributed by atoms with E-state index in [-0.39, 0.29) is 0 Å². The van der Waals surface area contributed by atoms with Crippen molar-refractivity contribution in [3.63, 3.8) is 0 Å². The zero-order chi connectivity index (χ0) is 17.8. The first kappa shape index (κ1) is 15.8. The maximum absolute atomic E-state index is 11.3. The number of anilines is 2. The van der Waals surface area contributed by atoms with E-state index < -0.39 is 12.1 Å². The third kappa shape index (κ3) is 2.16. The SMILES string of the molecule is Cc1cc2c(cc1N(N)C(N)=O)-c1cc(C)c(N(N)C(N)=O)cc1-2. The van der Waals surface area contributed by atoms with Crippen LogP contribution in [0.25, 0.3) is 22.3 Å². The van der Waals surface area contributed by atoms with Crippen LogP contribution in [0.2, 0.25) is 0 Å². The number of primary amides is 2. The van der Waals surface area contributed by atoms with E-state index in [2.05, 4.69) is 0 Å². The van der Waals surface area contributed by atoms with Crippen molar-refractivity contribution in [1.82, 2.24) is 0 Å². The number of hydrogen-bond donors (Lipinski definition) is 4. The number of carbonyl (C=O) groups is 2. The largest absolute Gasteiger partial charge is 0.350 e. The molecule has 8 heteroatoms. The molecule has 0 heterocycles. The monoisotopic (exact) mass is 326 g/mol. The summed E-state index contributed by atoms with van der Waals surface area (Å²) in [4.78, 5) is 22.6. The molecular weight excluding hydrogens is 308 g/mol. The third-order valence-corrected chi connectivity index (χ3v) is 4.25. The van der Waals surface area contributed by atoms with E-state index >= 15 is 0 Å². The first-order valence-electron chi connectivity index (χ1n) is 7.21. The first-order chi connectivity index (χ1) is 11.2. The molecule has 0 aliphatic heterocycles. The number of amides is 4. The number of aryl methyl sites for hydroxylation is 2. The van der Waals surface area contributed by atoms with E-state index in [1.807, 2.05) is 38.1 Å². The summed E-state index contributed by atoms with van der Waals surface area (Å²) < 4.78 is 0. The predicted molar refractivity (Wildman–Crippen MR) is 92.8 cm³/mol. The van der Waals surface area contributed by atoms with E-state index in [1.165, 1.54) is 0 Å². The zero-order valence-corrected chi connectivity index (χ0v) is 13.3. The van der Waals surface area contributed by atoms with Crippen LogP contribution in [0.5, 0.6) is 0 Å². The molecule has 0 bridgehead atoms. The second-order valence-electron chi connectivity index (χ2n) is 5.79. The molecule has 0 atom stereocenters. The molecule has 8 N–H and O–H groups in total. The van der Waals surface area contributed by atoms with Gasteiger partial charge in [-0.15, -0.1) is 0 Å². The number of benzene rings is 2. The number of carbonyl (C=O) groups excluding carboxylic acids is 2. The van der Waals surface area contributed by atoms with Crippen LogP contribution in [-0.2, 0) is 0 Å². The van der Waals surface area contributed by atoms with E-state index in [4.69, 9.17) is 23.2 Å². The van der Waals surface area contributed by atoms with E-state index in [1.54, 1.807) is 0 Å². The predicted octanol–water partition coefficient (Wildman–Crippen LogP) is 1.47. The molecule has 0 aromatic heterocycles. The lowest BCUT2D eigenvalue weighted by atomic mass is 9.78. The molecule has 1 aliphatic carbocycles. The Morgan fingerprint density at radius 1 is 0.708 bits per heavy atom. The van der Waals surface area contributed by atoms with Gasteiger partial charge in [0.15, 0.2) is 0 Å². The Hall–Kier alpha value is -3.10. The fraction of sp³-hybridized carbons (Fsp3) is 0.125. The molecule has 3 rings (SSSR count). The fourth-order valence-electron chi connectivity index (χ4n) is 2.98. The molecule has 2 aromatic rings. The van der Waals surface area contributed by atoms with Gasteiger partial charge < -0.3 is 11.5 Å². The minimum Gasteiger partial charge on any atom is -0.350 e. The Labute approximate surface area is 138 Å². The van der Waals surface area contributed by atoms with Crippen LogP contribution in [-0.4, -0.2) is 12.1 Å². The Kier molecular flexibility index (Phi) is 3.43. The van der Waals surface area contributed by atoms with Crippen LogP contribution < -0.4 is 33.2 Å². The van der Waals surface area contributed by atoms with Crippen molar-refractivity contribution in [3.05, 3.63) is 35.4 Å². The van der Waals surface area contributed by atoms with E-state index in [9.17, 15) is 9.59 Å². The van der Waals surface area contributed by atoms with Gasteiger partial charge >= 0.3 is 12.1 Å². The second-order valence-corrected chi connectivity index (χ2v) is 5.79. The lowest BCUT2D eigenvalue weighted by molar-refractivity contribution is 0.253. The quantitative estimate of drug-likeness (QED) is 0.321. The highest BCUT2D eigenvalue weighted by molar-refractivity contribution is 6.07. The molecule has 0 saturated heterocycles. The number of nitrogens with two attached hydrogens (primary N) is 4. The Morgan fingerprint density at radius 2 is 1.00 bits per heavy atom. The van der Waals surface area contributed by atoms with Crippen molar-refractivity contribution in [3.8, 4) is 22.3 Å². The van der Waals surface area contributed by atoms with Gasteiger partial charge in [0.25, 0.3) is 0 Å². The first-order valence-corrected chi connectivity index (χ1v) is 7.21. The van der Waals surface area contributed by atoms with E-state index in [0.717, 1.165) is 43.4 Å². The summed E-state index contributed by atoms with van der Waals surface area (Å²) in [6.07, 6.45) is 0. The molecule has 0 fully saturated rings. The van der Waals surface area contributed by atoms with Crippen molar-refractivity contribution in [2.75, 3.05) is 10.0 Å². The maximum atomic E-state index is 11.3. The third-order valence-electron chi connectivity index (χ3n) is 4.25. The topological polar surface area (TPSA) is 145 Å². The average molecular weight is 326 g/mol. The van der Waals surface area contributed by atoms with Gasteiger partial charge in [0.2, 0.25) is 0 Å². The molecule has 0 saturated carbocycles. The van der Waals surface area contributed by atoms with Crippen LogP contribution in [0.15, 0.2) is 24.3 Å². The molecule has 0 spiro atoms. The van der Waals surface area contributed by atoms with Crippen LogP contribution in [0.4, 0.5) is 21.0 Å². The summed E-state index contributed by atoms with van der Waals surface area (Å²) in [6, 6.07) is 6.02. The fourth-order valence-corrected chi connectivity index (χ4v) is 2.98. The average Bonchev–Trinajstić information content (AvgIpc) is 2.52. The summed E-state index contributed by atoms with van der Waals surface area (Å²) in [5, 5.41) is 1.84. The van der Waals surface area contributed by atoms with Crippen LogP contribution in [0.1, 0.15) is 11.1 Å². The van der Waals surface area contributed by atoms with Gasteiger partial charge in [-0.25, -0.2) is 31.3 Å². The van der Waals surface area contributed by atoms with Gasteiger partial charge in [-0.05, 0) is 71.5 Å². The van der Waals surface area contributed by atoms with Gasteiger partial charge in [-0.1, -0.05) is 0 Å². The molecule has 0 radical (unpaired) electrons. The smallest absolute Gasteiger partial charge is 0.333 e. The number of urea groups is 2. The Bertz CT molecular complexity index is 805. The van der Waals surface area contributed by atoms with Crippen molar-refractivity contribution in [2.24, 2.45) is 23.2 Å². The van der Waals surface area contributed by atoms with Crippen LogP contribution >= 0.6 is 0 Å². The van der Waals surface area contributed by atoms with Crippen molar-refractivity contribution < 1.29 is 9.59 Å². The number of fused-ring (bicyclic) bond motifs is 4. The summed E-state index contributed by atoms with van der Waals surface area (Å²) in [5.41, 5.74) is 17.1. The summed E-state index contributed by atoms with van der Waals surface area (Å²) in [6.45, 7) is 3.67. The van der Waals surface area contributed by atoms with Gasteiger partial charge in [0.05, 0.1) is 11.4 Å². The summed E-state index contributed by atoms with van der Waals surface area (Å²) in [7, 11) is 0. The zero-order valence-electron chi connectivity index (χ0n) is 13.3. The standard InChI is InChI=1S/C16H18N6O2/c1-7-3-9-11(5-13(7)21(19)15(17)23)10-4-8(2)14(6-12(9)10)22(20)16(18)24/h3-6H,19-20H2,1-2H3,(H2,17,23)(H2,18,24). The lowest BCUT2D eigenvalue weighted by Crippen LogP contribution is -2.42. The molecule has 4 amide bonds. The highest BCUT2D eigenvalue weighted by Gasteiger charge is 2.27. The van der Waals surface area contributed by atoms with Crippen LogP contribution in [0, 0.1) is 13.8 Å². The lowest BCUT2D eigenvalue weighted by Gasteiger charge is -2.30. The number of nitrogens with zero attached hydrogens (tertiary/aromatic N) is 2. The number of rotatable bonds is 2. The molecule has 2 aromatic carbocycles. The molecule has 1 aliphatic rings. The Morgan fingerprint density at radius 3 is 1.29 bits per heavy atom. The molecular formula is C16H18N6O2. The van der Waals surface area contributed by atoms with Gasteiger partial charge in [0.1, 0.15) is 0 Å². The summed E-state index contributed by atoms with van der Waals surface area (Å²) in [5.74, 6) is 11.4. The van der Waals surface area contributed by atoms with Crippen molar-refractivity contribution in [2.45, 2.75) is 13.8 Å².